The van der Waals surface area contributed by atoms with Crippen molar-refractivity contribution < 1.29 is 13.9 Å². The molecule has 1 aromatic heterocycles. The highest BCUT2D eigenvalue weighted by molar-refractivity contribution is 9.10. The molecule has 5 nitrogen and oxygen atoms in total. The van der Waals surface area contributed by atoms with Crippen molar-refractivity contribution in [3.05, 3.63) is 52.4 Å². The Labute approximate surface area is 143 Å². The molecule has 1 aromatic carbocycles. The predicted molar refractivity (Wildman–Crippen MR) is 92.8 cm³/mol. The minimum absolute atomic E-state index is 0.0954. The van der Waals surface area contributed by atoms with Crippen molar-refractivity contribution >= 4 is 28.1 Å². The van der Waals surface area contributed by atoms with E-state index in [9.17, 15) is 4.79 Å². The Morgan fingerprint density at radius 2 is 2.09 bits per heavy atom. The summed E-state index contributed by atoms with van der Waals surface area (Å²) in [5.74, 6) is 1.38. The number of benzene rings is 1. The Hall–Kier alpha value is -2.08. The van der Waals surface area contributed by atoms with Crippen molar-refractivity contribution in [2.45, 2.75) is 26.2 Å². The molecule has 6 heteroatoms. The van der Waals surface area contributed by atoms with E-state index >= 15 is 0 Å². The van der Waals surface area contributed by atoms with E-state index in [4.69, 9.17) is 9.15 Å². The maximum atomic E-state index is 11.6. The smallest absolute Gasteiger partial charge is 0.277 e. The minimum Gasteiger partial charge on any atom is -0.484 e. The lowest BCUT2D eigenvalue weighted by Crippen LogP contribution is -2.24. The number of nitrogens with one attached hydrogen (secondary N) is 1. The van der Waals surface area contributed by atoms with E-state index in [0.29, 0.717) is 22.1 Å². The molecule has 0 aliphatic rings. The number of ether oxygens (including phenoxy) is 1. The second kappa shape index (κ2) is 8.53. The van der Waals surface area contributed by atoms with Gasteiger partial charge in [-0.15, -0.1) is 0 Å². The molecule has 0 saturated carbocycles. The van der Waals surface area contributed by atoms with Crippen LogP contribution >= 0.6 is 15.9 Å². The number of amides is 1. The lowest BCUT2D eigenvalue weighted by Gasteiger charge is -2.10. The monoisotopic (exact) mass is 378 g/mol. The largest absolute Gasteiger partial charge is 0.484 e. The number of hydrogen-bond acceptors (Lipinski definition) is 4. The first kappa shape index (κ1) is 17.3. The van der Waals surface area contributed by atoms with Crippen LogP contribution in [0.25, 0.3) is 0 Å². The van der Waals surface area contributed by atoms with Crippen LogP contribution in [0.3, 0.4) is 0 Å². The Kier molecular flexibility index (Phi) is 6.40. The van der Waals surface area contributed by atoms with Crippen LogP contribution < -0.4 is 10.2 Å². The van der Waals surface area contributed by atoms with E-state index in [2.05, 4.69) is 40.3 Å². The fourth-order valence-electron chi connectivity index (χ4n) is 1.87. The summed E-state index contributed by atoms with van der Waals surface area (Å²) < 4.78 is 11.3. The van der Waals surface area contributed by atoms with Gasteiger partial charge in [-0.25, -0.2) is 5.43 Å². The zero-order valence-electron chi connectivity index (χ0n) is 13.1. The first-order valence-corrected chi connectivity index (χ1v) is 8.17. The Morgan fingerprint density at radius 3 is 2.70 bits per heavy atom. The van der Waals surface area contributed by atoms with E-state index in [-0.39, 0.29) is 12.5 Å². The van der Waals surface area contributed by atoms with Gasteiger partial charge in [0, 0.05) is 0 Å². The molecule has 1 atom stereocenters. The maximum Gasteiger partial charge on any atom is 0.277 e. The number of hydrogen-bond donors (Lipinski definition) is 1. The number of furan rings is 1. The third-order valence-corrected chi connectivity index (χ3v) is 3.83. The second-order valence-corrected chi connectivity index (χ2v) is 5.88. The summed E-state index contributed by atoms with van der Waals surface area (Å²) in [5.41, 5.74) is 3.64. The first-order chi connectivity index (χ1) is 11.1. The van der Waals surface area contributed by atoms with Crippen LogP contribution in [0.2, 0.25) is 0 Å². The SMILES string of the molecule is CCC(C)c1ccc(OCC(=O)NN=Cc2ccc(Br)o2)cc1. The first-order valence-electron chi connectivity index (χ1n) is 7.38. The third-order valence-electron chi connectivity index (χ3n) is 3.41. The molecule has 0 aliphatic heterocycles. The van der Waals surface area contributed by atoms with Crippen LogP contribution in [0.15, 0.2) is 50.6 Å². The van der Waals surface area contributed by atoms with Gasteiger partial charge in [-0.05, 0) is 58.1 Å². The highest BCUT2D eigenvalue weighted by Crippen LogP contribution is 2.21. The average Bonchev–Trinajstić information content (AvgIpc) is 2.98. The number of hydrazone groups is 1. The van der Waals surface area contributed by atoms with Gasteiger partial charge in [-0.2, -0.15) is 5.10 Å². The topological polar surface area (TPSA) is 63.8 Å². The van der Waals surface area contributed by atoms with E-state index < -0.39 is 0 Å². The molecule has 1 amide bonds. The highest BCUT2D eigenvalue weighted by Gasteiger charge is 2.05. The van der Waals surface area contributed by atoms with E-state index in [1.165, 1.54) is 11.8 Å². The number of rotatable bonds is 7. The quantitative estimate of drug-likeness (QED) is 0.582. The molecule has 23 heavy (non-hydrogen) atoms. The zero-order valence-corrected chi connectivity index (χ0v) is 14.7. The molecule has 0 bridgehead atoms. The molecule has 0 spiro atoms. The molecule has 0 aliphatic carbocycles. The van der Waals surface area contributed by atoms with E-state index in [1.54, 1.807) is 12.1 Å². The average molecular weight is 379 g/mol. The molecule has 0 saturated heterocycles. The van der Waals surface area contributed by atoms with Crippen LogP contribution in [0.4, 0.5) is 0 Å². The van der Waals surface area contributed by atoms with Gasteiger partial charge in [0.05, 0.1) is 6.21 Å². The van der Waals surface area contributed by atoms with Crippen molar-refractivity contribution in [3.8, 4) is 5.75 Å². The molecule has 0 fully saturated rings. The molecule has 1 heterocycles. The lowest BCUT2D eigenvalue weighted by atomic mass is 9.99. The molecular weight excluding hydrogens is 360 g/mol. The van der Waals surface area contributed by atoms with Crippen LogP contribution in [0, 0.1) is 0 Å². The van der Waals surface area contributed by atoms with Gasteiger partial charge < -0.3 is 9.15 Å². The maximum absolute atomic E-state index is 11.6. The lowest BCUT2D eigenvalue weighted by molar-refractivity contribution is -0.123. The standard InChI is InChI=1S/C17H19BrN2O3/c1-3-12(2)13-4-6-14(7-5-13)22-11-17(21)20-19-10-15-8-9-16(18)23-15/h4-10,12H,3,11H2,1-2H3,(H,20,21). The van der Waals surface area contributed by atoms with Crippen molar-refractivity contribution in [1.29, 1.82) is 0 Å². The summed E-state index contributed by atoms with van der Waals surface area (Å²) in [4.78, 5) is 11.6. The van der Waals surface area contributed by atoms with Gasteiger partial charge in [0.1, 0.15) is 11.5 Å². The summed E-state index contributed by atoms with van der Waals surface area (Å²) in [6.07, 6.45) is 2.51. The molecule has 2 rings (SSSR count). The summed E-state index contributed by atoms with van der Waals surface area (Å²) in [7, 11) is 0. The minimum atomic E-state index is -0.335. The molecule has 2 aromatic rings. The summed E-state index contributed by atoms with van der Waals surface area (Å²) in [6.45, 7) is 4.24. The Morgan fingerprint density at radius 1 is 1.35 bits per heavy atom. The Bertz CT molecular complexity index is 665. The van der Waals surface area contributed by atoms with Crippen LogP contribution in [0.5, 0.6) is 5.75 Å². The van der Waals surface area contributed by atoms with Crippen molar-refractivity contribution in [2.24, 2.45) is 5.10 Å². The zero-order chi connectivity index (χ0) is 16.7. The number of nitrogens with zero attached hydrogens (tertiary/aromatic N) is 1. The van der Waals surface area contributed by atoms with Crippen LogP contribution in [-0.2, 0) is 4.79 Å². The number of carbonyl (C=O) groups excluding carboxylic acids is 1. The highest BCUT2D eigenvalue weighted by atomic mass is 79.9. The fourth-order valence-corrected chi connectivity index (χ4v) is 2.19. The van der Waals surface area contributed by atoms with Crippen molar-refractivity contribution in [2.75, 3.05) is 6.61 Å². The molecule has 0 radical (unpaired) electrons. The van der Waals surface area contributed by atoms with Gasteiger partial charge in [-0.1, -0.05) is 26.0 Å². The molecule has 1 N–H and O–H groups in total. The number of halogens is 1. The normalized spacial score (nSPS) is 12.3. The Balaban J connectivity index is 1.76. The van der Waals surface area contributed by atoms with E-state index in [0.717, 1.165) is 6.42 Å². The molecule has 122 valence electrons. The predicted octanol–water partition coefficient (Wildman–Crippen LogP) is 4.08. The molecule has 1 unspecified atom stereocenters. The van der Waals surface area contributed by atoms with Gasteiger partial charge >= 0.3 is 0 Å². The second-order valence-electron chi connectivity index (χ2n) is 5.10. The van der Waals surface area contributed by atoms with Gasteiger partial charge in [0.15, 0.2) is 11.3 Å². The van der Waals surface area contributed by atoms with Crippen molar-refractivity contribution in [1.82, 2.24) is 5.43 Å². The summed E-state index contributed by atoms with van der Waals surface area (Å²) in [6, 6.07) is 11.3. The van der Waals surface area contributed by atoms with Crippen LogP contribution in [-0.4, -0.2) is 18.7 Å². The fraction of sp³-hybridized carbons (Fsp3) is 0.294. The van der Waals surface area contributed by atoms with Gasteiger partial charge in [0.25, 0.3) is 5.91 Å². The summed E-state index contributed by atoms with van der Waals surface area (Å²) in [5, 5.41) is 3.80. The van der Waals surface area contributed by atoms with Gasteiger partial charge in [-0.3, -0.25) is 4.79 Å². The van der Waals surface area contributed by atoms with Crippen molar-refractivity contribution in [3.63, 3.8) is 0 Å². The number of carbonyl (C=O) groups is 1. The summed E-state index contributed by atoms with van der Waals surface area (Å²) >= 11 is 3.19. The van der Waals surface area contributed by atoms with Gasteiger partial charge in [0.2, 0.25) is 0 Å². The van der Waals surface area contributed by atoms with Crippen LogP contribution in [0.1, 0.15) is 37.5 Å². The molecular formula is C17H19BrN2O3. The third kappa shape index (κ3) is 5.56. The van der Waals surface area contributed by atoms with E-state index in [1.807, 2.05) is 24.3 Å².